The minimum absolute atomic E-state index is 0.243. The fourth-order valence-corrected chi connectivity index (χ4v) is 3.12. The van der Waals surface area contributed by atoms with Crippen molar-refractivity contribution in [2.45, 2.75) is 19.6 Å². The predicted octanol–water partition coefficient (Wildman–Crippen LogP) is 1.60. The summed E-state index contributed by atoms with van der Waals surface area (Å²) in [6.45, 7) is 7.18. The largest absolute Gasteiger partial charge is 0.383 e. The second-order valence-electron chi connectivity index (χ2n) is 7.19. The number of benzene rings is 1. The lowest BCUT2D eigenvalue weighted by atomic mass is 10.1. The number of hydrogen-bond acceptors (Lipinski definition) is 5. The number of nitrogens with zero attached hydrogens (tertiary/aromatic N) is 4. The highest BCUT2D eigenvalue weighted by atomic mass is 16.5. The molecule has 8 heteroatoms. The SMILES string of the molecule is COCCn1cc(NC(=O)NCc2ccc(CN3CCN(C)CC3)cc2)cn1. The molecule has 1 fully saturated rings. The molecule has 3 rings (SSSR count). The number of likely N-dealkylation sites (N-methyl/N-ethyl adjacent to an activating group) is 1. The summed E-state index contributed by atoms with van der Waals surface area (Å²) in [6.07, 6.45) is 3.41. The van der Waals surface area contributed by atoms with Gasteiger partial charge in [-0.2, -0.15) is 5.10 Å². The van der Waals surface area contributed by atoms with Gasteiger partial charge in [-0.1, -0.05) is 24.3 Å². The molecule has 1 aromatic heterocycles. The number of ether oxygens (including phenoxy) is 1. The summed E-state index contributed by atoms with van der Waals surface area (Å²) in [5, 5.41) is 9.85. The van der Waals surface area contributed by atoms with E-state index >= 15 is 0 Å². The van der Waals surface area contributed by atoms with Gasteiger partial charge in [0.25, 0.3) is 0 Å². The van der Waals surface area contributed by atoms with Crippen LogP contribution in [-0.4, -0.2) is 72.6 Å². The van der Waals surface area contributed by atoms with Crippen LogP contribution in [0.4, 0.5) is 10.5 Å². The third-order valence-electron chi connectivity index (χ3n) is 4.89. The van der Waals surface area contributed by atoms with E-state index in [0.717, 1.165) is 38.3 Å². The second-order valence-corrected chi connectivity index (χ2v) is 7.19. The van der Waals surface area contributed by atoms with E-state index < -0.39 is 0 Å². The molecule has 1 aliphatic heterocycles. The molecular weight excluding hydrogens is 356 g/mol. The van der Waals surface area contributed by atoms with Gasteiger partial charge in [0.15, 0.2) is 0 Å². The van der Waals surface area contributed by atoms with Crippen LogP contribution >= 0.6 is 0 Å². The first-order chi connectivity index (χ1) is 13.6. The van der Waals surface area contributed by atoms with Gasteiger partial charge in [-0.05, 0) is 18.2 Å². The van der Waals surface area contributed by atoms with Gasteiger partial charge >= 0.3 is 6.03 Å². The van der Waals surface area contributed by atoms with E-state index in [1.165, 1.54) is 5.56 Å². The van der Waals surface area contributed by atoms with Gasteiger partial charge in [-0.15, -0.1) is 0 Å². The van der Waals surface area contributed by atoms with Crippen LogP contribution in [-0.2, 0) is 24.4 Å². The molecule has 1 aliphatic rings. The number of carbonyl (C=O) groups is 1. The molecule has 0 spiro atoms. The van der Waals surface area contributed by atoms with Gasteiger partial charge in [0, 0.05) is 52.6 Å². The Morgan fingerprint density at radius 3 is 2.57 bits per heavy atom. The lowest BCUT2D eigenvalue weighted by Crippen LogP contribution is -2.43. The van der Waals surface area contributed by atoms with E-state index in [1.54, 1.807) is 24.2 Å². The molecule has 0 aliphatic carbocycles. The molecular formula is C20H30N6O2. The Balaban J connectivity index is 1.40. The second kappa shape index (κ2) is 10.2. The van der Waals surface area contributed by atoms with Gasteiger partial charge in [-0.3, -0.25) is 9.58 Å². The van der Waals surface area contributed by atoms with Crippen molar-refractivity contribution in [2.75, 3.05) is 52.3 Å². The molecule has 2 N–H and O–H groups in total. The van der Waals surface area contributed by atoms with E-state index in [1.807, 2.05) is 0 Å². The maximum atomic E-state index is 12.1. The van der Waals surface area contributed by atoms with Crippen molar-refractivity contribution >= 4 is 11.7 Å². The molecule has 8 nitrogen and oxygen atoms in total. The highest BCUT2D eigenvalue weighted by Crippen LogP contribution is 2.10. The monoisotopic (exact) mass is 386 g/mol. The molecule has 0 saturated carbocycles. The number of aromatic nitrogens is 2. The Kier molecular flexibility index (Phi) is 7.41. The average molecular weight is 387 g/mol. The Morgan fingerprint density at radius 1 is 1.14 bits per heavy atom. The Morgan fingerprint density at radius 2 is 1.86 bits per heavy atom. The number of amides is 2. The molecule has 0 bridgehead atoms. The van der Waals surface area contributed by atoms with Crippen molar-refractivity contribution in [1.29, 1.82) is 0 Å². The maximum absolute atomic E-state index is 12.1. The molecule has 2 heterocycles. The zero-order valence-electron chi connectivity index (χ0n) is 16.7. The van der Waals surface area contributed by atoms with Crippen LogP contribution in [0.15, 0.2) is 36.7 Å². The molecule has 1 aromatic carbocycles. The van der Waals surface area contributed by atoms with E-state index in [2.05, 4.69) is 56.8 Å². The minimum atomic E-state index is -0.243. The number of piperazine rings is 1. The fourth-order valence-electron chi connectivity index (χ4n) is 3.12. The number of urea groups is 1. The quantitative estimate of drug-likeness (QED) is 0.721. The third-order valence-corrected chi connectivity index (χ3v) is 4.89. The Bertz CT molecular complexity index is 737. The molecule has 2 amide bonds. The topological polar surface area (TPSA) is 74.7 Å². The normalized spacial score (nSPS) is 15.5. The summed E-state index contributed by atoms with van der Waals surface area (Å²) >= 11 is 0. The highest BCUT2D eigenvalue weighted by Gasteiger charge is 2.13. The van der Waals surface area contributed by atoms with Crippen LogP contribution in [0.2, 0.25) is 0 Å². The Hall–Kier alpha value is -2.42. The van der Waals surface area contributed by atoms with Crippen molar-refractivity contribution in [2.24, 2.45) is 0 Å². The maximum Gasteiger partial charge on any atom is 0.319 e. The van der Waals surface area contributed by atoms with Gasteiger partial charge < -0.3 is 20.3 Å². The predicted molar refractivity (Wildman–Crippen MR) is 109 cm³/mol. The van der Waals surface area contributed by atoms with Crippen molar-refractivity contribution in [3.05, 3.63) is 47.8 Å². The van der Waals surface area contributed by atoms with Crippen molar-refractivity contribution in [3.8, 4) is 0 Å². The number of carbonyl (C=O) groups excluding carboxylic acids is 1. The van der Waals surface area contributed by atoms with Crippen molar-refractivity contribution in [1.82, 2.24) is 24.9 Å². The van der Waals surface area contributed by atoms with Gasteiger partial charge in [-0.25, -0.2) is 4.79 Å². The summed E-state index contributed by atoms with van der Waals surface area (Å²) in [5.41, 5.74) is 3.05. The highest BCUT2D eigenvalue weighted by molar-refractivity contribution is 5.88. The first kappa shape index (κ1) is 20.3. The summed E-state index contributed by atoms with van der Waals surface area (Å²) in [5.74, 6) is 0. The van der Waals surface area contributed by atoms with Crippen LogP contribution in [0, 0.1) is 0 Å². The lowest BCUT2D eigenvalue weighted by Gasteiger charge is -2.32. The number of anilines is 1. The van der Waals surface area contributed by atoms with Crippen LogP contribution < -0.4 is 10.6 Å². The number of hydrogen-bond donors (Lipinski definition) is 2. The molecule has 0 atom stereocenters. The number of nitrogens with one attached hydrogen (secondary N) is 2. The molecule has 0 unspecified atom stereocenters. The van der Waals surface area contributed by atoms with Crippen molar-refractivity contribution < 1.29 is 9.53 Å². The fraction of sp³-hybridized carbons (Fsp3) is 0.500. The lowest BCUT2D eigenvalue weighted by molar-refractivity contribution is 0.148. The van der Waals surface area contributed by atoms with E-state index in [-0.39, 0.29) is 6.03 Å². The first-order valence-corrected chi connectivity index (χ1v) is 9.67. The molecule has 152 valence electrons. The molecule has 2 aromatic rings. The molecule has 28 heavy (non-hydrogen) atoms. The number of rotatable bonds is 8. The minimum Gasteiger partial charge on any atom is -0.383 e. The van der Waals surface area contributed by atoms with Crippen LogP contribution in [0.5, 0.6) is 0 Å². The zero-order valence-corrected chi connectivity index (χ0v) is 16.7. The third kappa shape index (κ3) is 6.33. The standard InChI is InChI=1S/C20H30N6O2/c1-24-7-9-25(10-8-24)15-18-5-3-17(4-6-18)13-21-20(27)23-19-14-22-26(16-19)11-12-28-2/h3-6,14,16H,7-13,15H2,1-2H3,(H2,21,23,27). The molecule has 0 radical (unpaired) electrons. The van der Waals surface area contributed by atoms with Crippen LogP contribution in [0.3, 0.4) is 0 Å². The zero-order chi connectivity index (χ0) is 19.8. The van der Waals surface area contributed by atoms with Gasteiger partial charge in [0.05, 0.1) is 25.0 Å². The summed E-state index contributed by atoms with van der Waals surface area (Å²) in [6, 6.07) is 8.20. The van der Waals surface area contributed by atoms with Crippen LogP contribution in [0.25, 0.3) is 0 Å². The summed E-state index contributed by atoms with van der Waals surface area (Å²) in [7, 11) is 3.82. The van der Waals surface area contributed by atoms with Crippen molar-refractivity contribution in [3.63, 3.8) is 0 Å². The number of methoxy groups -OCH3 is 1. The van der Waals surface area contributed by atoms with Crippen LogP contribution in [0.1, 0.15) is 11.1 Å². The van der Waals surface area contributed by atoms with E-state index in [4.69, 9.17) is 4.74 Å². The van der Waals surface area contributed by atoms with Gasteiger partial charge in [0.2, 0.25) is 0 Å². The summed E-state index contributed by atoms with van der Waals surface area (Å²) < 4.78 is 6.75. The summed E-state index contributed by atoms with van der Waals surface area (Å²) in [4.78, 5) is 16.9. The Labute approximate surface area is 166 Å². The van der Waals surface area contributed by atoms with E-state index in [9.17, 15) is 4.79 Å². The first-order valence-electron chi connectivity index (χ1n) is 9.67. The average Bonchev–Trinajstić information content (AvgIpc) is 3.15. The molecule has 1 saturated heterocycles. The smallest absolute Gasteiger partial charge is 0.319 e. The van der Waals surface area contributed by atoms with Gasteiger partial charge in [0.1, 0.15) is 0 Å². The van der Waals surface area contributed by atoms with E-state index in [0.29, 0.717) is 25.4 Å².